The summed E-state index contributed by atoms with van der Waals surface area (Å²) in [5, 5.41) is 0.647. The summed E-state index contributed by atoms with van der Waals surface area (Å²) < 4.78 is 72.1. The van der Waals surface area contributed by atoms with Crippen LogP contribution in [0.2, 0.25) is 5.02 Å². The second-order valence-corrected chi connectivity index (χ2v) is 22.3. The van der Waals surface area contributed by atoms with Gasteiger partial charge >= 0.3 is 0 Å². The van der Waals surface area contributed by atoms with Gasteiger partial charge in [-0.05, 0) is 124 Å². The normalized spacial score (nSPS) is 15.6. The van der Waals surface area contributed by atoms with E-state index in [1.807, 2.05) is 60.7 Å². The number of carbonyl (C=O) groups excluding carboxylic acids is 1. The van der Waals surface area contributed by atoms with Crippen molar-refractivity contribution in [1.29, 1.82) is 0 Å². The van der Waals surface area contributed by atoms with Gasteiger partial charge in [0.15, 0.2) is 9.84 Å². The lowest BCUT2D eigenvalue weighted by molar-refractivity contribution is -0.116. The molecule has 0 spiro atoms. The van der Waals surface area contributed by atoms with Gasteiger partial charge in [-0.1, -0.05) is 48.0 Å². The van der Waals surface area contributed by atoms with Crippen molar-refractivity contribution in [3.8, 4) is 11.1 Å². The van der Waals surface area contributed by atoms with Gasteiger partial charge in [-0.3, -0.25) is 19.3 Å². The Bertz CT molecular complexity index is 2600. The highest BCUT2D eigenvalue weighted by Gasteiger charge is 2.36. The first-order valence-corrected chi connectivity index (χ1v) is 24.5. The number of likely N-dealkylation sites (tertiary alicyclic amines) is 1. The number of carbonyl (C=O) groups is 1. The molecule has 16 heteroatoms. The molecule has 61 heavy (non-hydrogen) atoms. The predicted octanol–water partition coefficient (Wildman–Crippen LogP) is 8.48. The molecule has 0 bridgehead atoms. The van der Waals surface area contributed by atoms with Crippen LogP contribution in [0.1, 0.15) is 57.4 Å². The van der Waals surface area contributed by atoms with Crippen molar-refractivity contribution in [2.75, 3.05) is 41.6 Å². The molecule has 11 nitrogen and oxygen atoms in total. The van der Waals surface area contributed by atoms with Crippen molar-refractivity contribution < 1.29 is 26.0 Å². The first-order chi connectivity index (χ1) is 29.0. The van der Waals surface area contributed by atoms with Gasteiger partial charge in [-0.2, -0.15) is 0 Å². The molecule has 0 radical (unpaired) electrons. The molecule has 1 saturated heterocycles. The minimum absolute atomic E-state index is 0.122. The summed E-state index contributed by atoms with van der Waals surface area (Å²) in [6.45, 7) is 9.69. The number of nitrogens with zero attached hydrogens (tertiary/aromatic N) is 5. The first-order valence-electron chi connectivity index (χ1n) is 20.2. The number of anilines is 2. The largest absolute Gasteiger partial charge is 0.311 e. The Hall–Kier alpha value is -4.38. The summed E-state index contributed by atoms with van der Waals surface area (Å²) in [6.07, 6.45) is 3.68. The van der Waals surface area contributed by atoms with E-state index in [1.165, 1.54) is 48.1 Å². The number of piperidine rings is 1. The fraction of sp³-hybridized carbons (Fsp3) is 0.356. The number of benzene rings is 4. The maximum Gasteiger partial charge on any atom is 0.263 e. The number of hydrogen-bond donors (Lipinski definition) is 1. The van der Waals surface area contributed by atoms with E-state index in [2.05, 4.69) is 24.5 Å². The lowest BCUT2D eigenvalue weighted by atomic mass is 9.96. The first kappa shape index (κ1) is 44.7. The minimum Gasteiger partial charge on any atom is -0.311 e. The van der Waals surface area contributed by atoms with Crippen molar-refractivity contribution in [1.82, 2.24) is 19.8 Å². The van der Waals surface area contributed by atoms with Crippen LogP contribution in [0.15, 0.2) is 112 Å². The van der Waals surface area contributed by atoms with E-state index in [4.69, 9.17) is 11.6 Å². The summed E-state index contributed by atoms with van der Waals surface area (Å²) in [5.41, 5.74) is 4.44. The van der Waals surface area contributed by atoms with Gasteiger partial charge in [0.1, 0.15) is 18.0 Å². The molecule has 0 atom stereocenters. The maximum atomic E-state index is 14.4. The Kier molecular flexibility index (Phi) is 13.6. The molecule has 1 amide bonds. The number of rotatable bonds is 13. The Balaban J connectivity index is 1.04. The molecule has 0 saturated carbocycles. The van der Waals surface area contributed by atoms with E-state index < -0.39 is 24.6 Å². The molecule has 3 heterocycles. The van der Waals surface area contributed by atoms with Gasteiger partial charge in [0.2, 0.25) is 5.91 Å². The molecule has 1 N–H and O–H groups in total. The highest BCUT2D eigenvalue weighted by Crippen LogP contribution is 2.37. The summed E-state index contributed by atoms with van der Waals surface area (Å²) in [4.78, 5) is 28.5. The smallest absolute Gasteiger partial charge is 0.263 e. The van der Waals surface area contributed by atoms with Crippen molar-refractivity contribution in [2.45, 2.75) is 85.5 Å². The topological polar surface area (TPSA) is 133 Å². The third-order valence-corrected chi connectivity index (χ3v) is 16.4. The van der Waals surface area contributed by atoms with E-state index >= 15 is 0 Å². The van der Waals surface area contributed by atoms with Crippen molar-refractivity contribution in [2.24, 2.45) is 0 Å². The molecule has 1 fully saturated rings. The molecule has 5 aromatic rings. The van der Waals surface area contributed by atoms with Crippen LogP contribution in [0.3, 0.4) is 0 Å². The number of thioether (sulfide) groups is 1. The summed E-state index contributed by atoms with van der Waals surface area (Å²) in [5.74, 6) is 0.000421. The van der Waals surface area contributed by atoms with E-state index in [0.29, 0.717) is 42.4 Å². The van der Waals surface area contributed by atoms with Gasteiger partial charge < -0.3 is 4.90 Å². The molecule has 0 aliphatic carbocycles. The highest BCUT2D eigenvalue weighted by molar-refractivity contribution is 7.99. The fourth-order valence-corrected chi connectivity index (χ4v) is 11.4. The number of fused-ring (bicyclic) bond motifs is 1. The Morgan fingerprint density at radius 3 is 2.34 bits per heavy atom. The third kappa shape index (κ3) is 10.3. The number of nitrogens with one attached hydrogen (secondary N) is 1. The van der Waals surface area contributed by atoms with Crippen LogP contribution in [-0.4, -0.2) is 85.2 Å². The van der Waals surface area contributed by atoms with Gasteiger partial charge in [-0.25, -0.2) is 31.2 Å². The SMILES string of the molecule is CC(=O)N(CCSc1ccccc1)c1ccc(S(=O)(=O)Nc2ncnc3c2CCN(C2CCN(Cc4cc(F)ccc4-c4ccc(Cl)cc4)CC2)C3)cc1S(=O)(=O)C(C)(C)C. The molecule has 4 aromatic carbocycles. The van der Waals surface area contributed by atoms with Gasteiger partial charge in [0, 0.05) is 60.4 Å². The second-order valence-electron chi connectivity index (χ2n) is 16.4. The fourth-order valence-electron chi connectivity index (χ4n) is 7.90. The van der Waals surface area contributed by atoms with Gasteiger partial charge in [0.25, 0.3) is 10.0 Å². The van der Waals surface area contributed by atoms with Crippen molar-refractivity contribution in [3.05, 3.63) is 125 Å². The quantitative estimate of drug-likeness (QED) is 0.115. The van der Waals surface area contributed by atoms with Crippen LogP contribution >= 0.6 is 23.4 Å². The van der Waals surface area contributed by atoms with Crippen LogP contribution in [0, 0.1) is 5.82 Å². The van der Waals surface area contributed by atoms with E-state index in [1.54, 1.807) is 26.8 Å². The number of sulfonamides is 1. The molecule has 0 unspecified atom stereocenters. The number of aromatic nitrogens is 2. The Labute approximate surface area is 367 Å². The summed E-state index contributed by atoms with van der Waals surface area (Å²) in [7, 11) is -8.48. The van der Waals surface area contributed by atoms with Gasteiger partial charge in [0.05, 0.1) is 25.9 Å². The number of hydrogen-bond acceptors (Lipinski definition) is 10. The lowest BCUT2D eigenvalue weighted by Gasteiger charge is -2.40. The zero-order valence-electron chi connectivity index (χ0n) is 34.6. The molecule has 7 rings (SSSR count). The third-order valence-electron chi connectivity index (χ3n) is 11.3. The van der Waals surface area contributed by atoms with Crippen LogP contribution in [0.4, 0.5) is 15.9 Å². The molecular weight excluding hydrogens is 855 g/mol. The van der Waals surface area contributed by atoms with E-state index in [-0.39, 0.29) is 45.6 Å². The average Bonchev–Trinajstić information content (AvgIpc) is 3.23. The van der Waals surface area contributed by atoms with Crippen LogP contribution in [0.25, 0.3) is 11.1 Å². The van der Waals surface area contributed by atoms with Crippen molar-refractivity contribution >= 4 is 60.6 Å². The second kappa shape index (κ2) is 18.5. The number of halogens is 2. The molecule has 322 valence electrons. The molecule has 2 aliphatic rings. The Morgan fingerprint density at radius 2 is 1.66 bits per heavy atom. The summed E-state index contributed by atoms with van der Waals surface area (Å²) in [6, 6.07) is 26.3. The standard InChI is InChI=1S/C45H50ClFN6O5S3/c1-31(54)53(24-25-59-37-8-6-5-7-9-37)42-17-15-38(27-43(42)60(55,56)45(2,3)4)61(57,58)50-44-40-20-23-52(29-41(40)48-30-49-44)36-18-21-51(22-19-36)28-33-26-35(47)14-16-39(33)32-10-12-34(46)13-11-32/h5-17,26-27,30,36H,18-25,28-29H2,1-4H3,(H,48,49,50). The van der Waals surface area contributed by atoms with Crippen LogP contribution in [0.5, 0.6) is 0 Å². The zero-order valence-corrected chi connectivity index (χ0v) is 37.8. The van der Waals surface area contributed by atoms with Crippen LogP contribution < -0.4 is 9.62 Å². The number of sulfone groups is 1. The van der Waals surface area contributed by atoms with Gasteiger partial charge in [-0.15, -0.1) is 11.8 Å². The number of amides is 1. The summed E-state index contributed by atoms with van der Waals surface area (Å²) >= 11 is 7.65. The Morgan fingerprint density at radius 1 is 0.934 bits per heavy atom. The molecule has 1 aromatic heterocycles. The minimum atomic E-state index is -4.34. The van der Waals surface area contributed by atoms with Crippen molar-refractivity contribution in [3.63, 3.8) is 0 Å². The highest BCUT2D eigenvalue weighted by atomic mass is 35.5. The van der Waals surface area contributed by atoms with E-state index in [0.717, 1.165) is 59.3 Å². The van der Waals surface area contributed by atoms with Crippen LogP contribution in [-0.2, 0) is 44.2 Å². The predicted molar refractivity (Wildman–Crippen MR) is 241 cm³/mol. The molecular formula is C45H50ClFN6O5S3. The zero-order chi connectivity index (χ0) is 43.5. The lowest BCUT2D eigenvalue weighted by Crippen LogP contribution is -2.46. The maximum absolute atomic E-state index is 14.4. The van der Waals surface area contributed by atoms with E-state index in [9.17, 15) is 26.0 Å². The molecule has 2 aliphatic heterocycles. The monoisotopic (exact) mass is 904 g/mol. The average molecular weight is 906 g/mol.